The SMILES string of the molecule is COc1ccccc1C1(O)C(=O)Nc2cc(Cl)c(Cl)cc21. The molecule has 2 aromatic rings. The highest BCUT2D eigenvalue weighted by Crippen LogP contribution is 2.46. The number of anilines is 1. The number of carbonyl (C=O) groups excluding carboxylic acids is 1. The van der Waals surface area contributed by atoms with Gasteiger partial charge in [0.25, 0.3) is 5.91 Å². The van der Waals surface area contributed by atoms with Gasteiger partial charge in [-0.2, -0.15) is 0 Å². The maximum Gasteiger partial charge on any atom is 0.266 e. The molecule has 0 aromatic heterocycles. The van der Waals surface area contributed by atoms with E-state index < -0.39 is 11.5 Å². The Bertz CT molecular complexity index is 748. The van der Waals surface area contributed by atoms with Gasteiger partial charge in [-0.05, 0) is 18.2 Å². The van der Waals surface area contributed by atoms with Gasteiger partial charge in [0.15, 0.2) is 5.60 Å². The van der Waals surface area contributed by atoms with Crippen molar-refractivity contribution in [1.82, 2.24) is 0 Å². The summed E-state index contributed by atoms with van der Waals surface area (Å²) >= 11 is 12.0. The van der Waals surface area contributed by atoms with Gasteiger partial charge in [0.05, 0.1) is 17.2 Å². The Morgan fingerprint density at radius 3 is 2.52 bits per heavy atom. The predicted octanol–water partition coefficient (Wildman–Crippen LogP) is 3.19. The molecule has 0 bridgehead atoms. The number of carbonyl (C=O) groups is 1. The third-order valence-corrected chi connectivity index (χ3v) is 4.25. The van der Waals surface area contributed by atoms with Crippen LogP contribution in [0.25, 0.3) is 0 Å². The quantitative estimate of drug-likeness (QED) is 0.892. The molecule has 21 heavy (non-hydrogen) atoms. The second-order valence-corrected chi connectivity index (χ2v) is 5.49. The Kier molecular flexibility index (Phi) is 3.32. The molecule has 1 heterocycles. The van der Waals surface area contributed by atoms with Crippen molar-refractivity contribution in [3.63, 3.8) is 0 Å². The van der Waals surface area contributed by atoms with Crippen LogP contribution in [0.3, 0.4) is 0 Å². The molecule has 0 spiro atoms. The maximum atomic E-state index is 12.3. The van der Waals surface area contributed by atoms with Crippen molar-refractivity contribution in [3.05, 3.63) is 57.6 Å². The van der Waals surface area contributed by atoms with Crippen LogP contribution in [0.15, 0.2) is 36.4 Å². The van der Waals surface area contributed by atoms with Crippen molar-refractivity contribution in [3.8, 4) is 5.75 Å². The fraction of sp³-hybridized carbons (Fsp3) is 0.133. The predicted molar refractivity (Wildman–Crippen MR) is 81.1 cm³/mol. The Morgan fingerprint density at radius 2 is 1.81 bits per heavy atom. The maximum absolute atomic E-state index is 12.3. The van der Waals surface area contributed by atoms with E-state index >= 15 is 0 Å². The summed E-state index contributed by atoms with van der Waals surface area (Å²) in [6.07, 6.45) is 0. The van der Waals surface area contributed by atoms with E-state index in [-0.39, 0.29) is 5.02 Å². The van der Waals surface area contributed by atoms with Crippen molar-refractivity contribution in [2.24, 2.45) is 0 Å². The zero-order valence-corrected chi connectivity index (χ0v) is 12.5. The number of ether oxygens (including phenoxy) is 1. The Labute approximate surface area is 131 Å². The van der Waals surface area contributed by atoms with Crippen LogP contribution in [0.1, 0.15) is 11.1 Å². The summed E-state index contributed by atoms with van der Waals surface area (Å²) in [6, 6.07) is 9.80. The van der Waals surface area contributed by atoms with E-state index in [0.29, 0.717) is 27.6 Å². The molecule has 4 nitrogen and oxygen atoms in total. The smallest absolute Gasteiger partial charge is 0.266 e. The van der Waals surface area contributed by atoms with E-state index in [1.807, 2.05) is 0 Å². The van der Waals surface area contributed by atoms with Crippen LogP contribution in [-0.2, 0) is 10.4 Å². The molecule has 0 radical (unpaired) electrons. The highest BCUT2D eigenvalue weighted by Gasteiger charge is 2.48. The first-order valence-corrected chi connectivity index (χ1v) is 6.91. The van der Waals surface area contributed by atoms with Gasteiger partial charge >= 0.3 is 0 Å². The minimum absolute atomic E-state index is 0.264. The average Bonchev–Trinajstić information content (AvgIpc) is 2.72. The zero-order chi connectivity index (χ0) is 15.2. The molecule has 2 aromatic carbocycles. The number of aliphatic hydroxyl groups is 1. The third-order valence-electron chi connectivity index (χ3n) is 3.52. The van der Waals surface area contributed by atoms with E-state index in [9.17, 15) is 9.90 Å². The van der Waals surface area contributed by atoms with Crippen LogP contribution in [0.4, 0.5) is 5.69 Å². The Hall–Kier alpha value is -1.75. The fourth-order valence-corrected chi connectivity index (χ4v) is 2.82. The largest absolute Gasteiger partial charge is 0.496 e. The summed E-state index contributed by atoms with van der Waals surface area (Å²) in [5.41, 5.74) is -0.729. The standard InChI is InChI=1S/C15H11Cl2NO3/c1-21-13-5-3-2-4-8(13)15(20)9-6-10(16)11(17)7-12(9)18-14(15)19/h2-7,20H,1H3,(H,18,19). The lowest BCUT2D eigenvalue weighted by Crippen LogP contribution is -2.35. The number of benzene rings is 2. The Morgan fingerprint density at radius 1 is 1.14 bits per heavy atom. The Balaban J connectivity index is 2.28. The van der Waals surface area contributed by atoms with Crippen molar-refractivity contribution in [1.29, 1.82) is 0 Å². The molecule has 108 valence electrons. The number of halogens is 2. The zero-order valence-electron chi connectivity index (χ0n) is 11.0. The summed E-state index contributed by atoms with van der Waals surface area (Å²) in [4.78, 5) is 12.3. The van der Waals surface area contributed by atoms with Crippen LogP contribution >= 0.6 is 23.2 Å². The molecule has 0 saturated carbocycles. The number of nitrogens with one attached hydrogen (secondary N) is 1. The van der Waals surface area contributed by atoms with Crippen molar-refractivity contribution in [2.45, 2.75) is 5.60 Å². The lowest BCUT2D eigenvalue weighted by Gasteiger charge is -2.23. The van der Waals surface area contributed by atoms with E-state index in [1.165, 1.54) is 19.2 Å². The van der Waals surface area contributed by atoms with Crippen molar-refractivity contribution in [2.75, 3.05) is 12.4 Å². The van der Waals surface area contributed by atoms with Crippen LogP contribution in [0, 0.1) is 0 Å². The lowest BCUT2D eigenvalue weighted by molar-refractivity contribution is -0.129. The summed E-state index contributed by atoms with van der Waals surface area (Å²) in [5, 5.41) is 14.2. The minimum Gasteiger partial charge on any atom is -0.496 e. The molecule has 0 saturated heterocycles. The lowest BCUT2D eigenvalue weighted by atomic mass is 9.87. The van der Waals surface area contributed by atoms with Gasteiger partial charge in [-0.25, -0.2) is 0 Å². The molecule has 3 rings (SSSR count). The summed E-state index contributed by atoms with van der Waals surface area (Å²) < 4.78 is 5.24. The van der Waals surface area contributed by atoms with E-state index in [4.69, 9.17) is 27.9 Å². The molecule has 0 fully saturated rings. The third kappa shape index (κ3) is 1.99. The number of methoxy groups -OCH3 is 1. The first-order chi connectivity index (χ1) is 9.98. The molecule has 0 aliphatic carbocycles. The monoisotopic (exact) mass is 323 g/mol. The highest BCUT2D eigenvalue weighted by atomic mass is 35.5. The van der Waals surface area contributed by atoms with E-state index in [1.54, 1.807) is 24.3 Å². The highest BCUT2D eigenvalue weighted by molar-refractivity contribution is 6.42. The van der Waals surface area contributed by atoms with Crippen molar-refractivity contribution >= 4 is 34.8 Å². The molecular formula is C15H11Cl2NO3. The second kappa shape index (κ2) is 4.91. The molecule has 1 atom stereocenters. The fourth-order valence-electron chi connectivity index (χ4n) is 2.50. The molecule has 1 aliphatic rings. The summed E-state index contributed by atoms with van der Waals surface area (Å²) in [5.74, 6) is -0.158. The number of hydrogen-bond acceptors (Lipinski definition) is 3. The molecular weight excluding hydrogens is 313 g/mol. The normalized spacial score (nSPS) is 20.1. The second-order valence-electron chi connectivity index (χ2n) is 4.68. The van der Waals surface area contributed by atoms with Crippen LogP contribution in [0.2, 0.25) is 10.0 Å². The first kappa shape index (κ1) is 14.2. The van der Waals surface area contributed by atoms with Gasteiger partial charge < -0.3 is 15.2 Å². The number of fused-ring (bicyclic) bond motifs is 1. The van der Waals surface area contributed by atoms with Crippen molar-refractivity contribution < 1.29 is 14.6 Å². The number of rotatable bonds is 2. The molecule has 6 heteroatoms. The molecule has 1 amide bonds. The molecule has 2 N–H and O–H groups in total. The van der Waals surface area contributed by atoms with E-state index in [2.05, 4.69) is 5.32 Å². The van der Waals surface area contributed by atoms with Gasteiger partial charge in [0.2, 0.25) is 0 Å². The van der Waals surface area contributed by atoms with E-state index in [0.717, 1.165) is 0 Å². The van der Waals surface area contributed by atoms with Crippen LogP contribution < -0.4 is 10.1 Å². The average molecular weight is 324 g/mol. The molecule has 1 aliphatic heterocycles. The van der Waals surface area contributed by atoms with Crippen LogP contribution in [-0.4, -0.2) is 18.1 Å². The van der Waals surface area contributed by atoms with Crippen LogP contribution in [0.5, 0.6) is 5.75 Å². The number of amides is 1. The van der Waals surface area contributed by atoms with Gasteiger partial charge in [-0.1, -0.05) is 41.4 Å². The van der Waals surface area contributed by atoms with Gasteiger partial charge in [0.1, 0.15) is 5.75 Å². The van der Waals surface area contributed by atoms with Gasteiger partial charge in [-0.15, -0.1) is 0 Å². The number of hydrogen-bond donors (Lipinski definition) is 2. The molecule has 1 unspecified atom stereocenters. The minimum atomic E-state index is -1.86. The topological polar surface area (TPSA) is 58.6 Å². The summed E-state index contributed by atoms with van der Waals surface area (Å²) in [7, 11) is 1.48. The first-order valence-electron chi connectivity index (χ1n) is 6.15. The summed E-state index contributed by atoms with van der Waals surface area (Å²) in [6.45, 7) is 0. The number of para-hydroxylation sites is 1. The van der Waals surface area contributed by atoms with Gasteiger partial charge in [0, 0.05) is 16.8 Å². The van der Waals surface area contributed by atoms with Gasteiger partial charge in [-0.3, -0.25) is 4.79 Å².